The summed E-state index contributed by atoms with van der Waals surface area (Å²) in [6.45, 7) is 2.29. The number of hydrogen-bond acceptors (Lipinski definition) is 0. The fraction of sp³-hybridized carbons (Fsp3) is 0.929. The third-order valence-corrected chi connectivity index (χ3v) is 3.52. The van der Waals surface area contributed by atoms with Crippen molar-refractivity contribution in [1.29, 1.82) is 0 Å². The Morgan fingerprint density at radius 3 is 2.29 bits per heavy atom. The lowest BCUT2D eigenvalue weighted by Crippen LogP contribution is -2.06. The lowest BCUT2D eigenvalue weighted by molar-refractivity contribution is 0.364. The van der Waals surface area contributed by atoms with Gasteiger partial charge in [0.25, 0.3) is 0 Å². The Balaban J connectivity index is 1.82. The van der Waals surface area contributed by atoms with Crippen molar-refractivity contribution in [3.63, 3.8) is 0 Å². The first-order chi connectivity index (χ1) is 6.93. The van der Waals surface area contributed by atoms with Gasteiger partial charge in [0.1, 0.15) is 0 Å². The van der Waals surface area contributed by atoms with Crippen LogP contribution in [0.15, 0.2) is 0 Å². The molecule has 83 valence electrons. The van der Waals surface area contributed by atoms with Crippen LogP contribution in [0.2, 0.25) is 0 Å². The molecule has 0 N–H and O–H groups in total. The van der Waals surface area contributed by atoms with Crippen molar-refractivity contribution >= 4 is 0 Å². The highest BCUT2D eigenvalue weighted by Crippen LogP contribution is 2.27. The zero-order chi connectivity index (χ0) is 10.1. The molecule has 0 amide bonds. The molecule has 1 aliphatic rings. The lowest BCUT2D eigenvalue weighted by atomic mass is 9.85. The highest BCUT2D eigenvalue weighted by Gasteiger charge is 2.12. The minimum absolute atomic E-state index is 1.08. The van der Waals surface area contributed by atoms with Crippen LogP contribution in [0.4, 0.5) is 0 Å². The van der Waals surface area contributed by atoms with Crippen molar-refractivity contribution in [2.24, 2.45) is 5.92 Å². The number of hydrogen-bond donors (Lipinski definition) is 0. The van der Waals surface area contributed by atoms with Gasteiger partial charge in [0.2, 0.25) is 0 Å². The number of unbranched alkanes of at least 4 members (excludes halogenated alkanes) is 5. The van der Waals surface area contributed by atoms with Gasteiger partial charge in [-0.05, 0) is 25.2 Å². The SMILES string of the molecule is CCCCCCCCC1CC[CH]CC1. The second kappa shape index (κ2) is 8.32. The molecular weight excluding hydrogens is 168 g/mol. The second-order valence-electron chi connectivity index (χ2n) is 4.87. The molecule has 0 spiro atoms. The van der Waals surface area contributed by atoms with Gasteiger partial charge in [-0.3, -0.25) is 0 Å². The van der Waals surface area contributed by atoms with E-state index in [0.717, 1.165) is 5.92 Å². The summed E-state index contributed by atoms with van der Waals surface area (Å²) in [4.78, 5) is 0. The van der Waals surface area contributed by atoms with E-state index in [0.29, 0.717) is 0 Å². The first-order valence-electron chi connectivity index (χ1n) is 6.75. The average Bonchev–Trinajstić information content (AvgIpc) is 2.25. The molecular formula is C14H27. The molecule has 0 aromatic heterocycles. The first-order valence-corrected chi connectivity index (χ1v) is 6.75. The molecule has 1 radical (unpaired) electrons. The lowest BCUT2D eigenvalue weighted by Gasteiger charge is -2.20. The van der Waals surface area contributed by atoms with Gasteiger partial charge in [0.15, 0.2) is 0 Å². The van der Waals surface area contributed by atoms with Gasteiger partial charge < -0.3 is 0 Å². The van der Waals surface area contributed by atoms with E-state index in [1.54, 1.807) is 0 Å². The average molecular weight is 195 g/mol. The van der Waals surface area contributed by atoms with Crippen LogP contribution in [0.5, 0.6) is 0 Å². The van der Waals surface area contributed by atoms with E-state index in [4.69, 9.17) is 0 Å². The molecule has 0 saturated heterocycles. The normalized spacial score (nSPS) is 18.6. The van der Waals surface area contributed by atoms with Crippen LogP contribution in [0.25, 0.3) is 0 Å². The summed E-state index contributed by atoms with van der Waals surface area (Å²) in [7, 11) is 0. The Morgan fingerprint density at radius 2 is 1.57 bits per heavy atom. The molecule has 0 heteroatoms. The maximum Gasteiger partial charge on any atom is -0.0386 e. The standard InChI is InChI=1S/C14H27/c1-2-3-4-5-6-8-11-14-12-9-7-10-13-14/h7,14H,2-6,8-13H2,1H3. The van der Waals surface area contributed by atoms with Crippen LogP contribution in [0.3, 0.4) is 0 Å². The highest BCUT2D eigenvalue weighted by molar-refractivity contribution is 4.76. The van der Waals surface area contributed by atoms with Crippen LogP contribution in [-0.4, -0.2) is 0 Å². The summed E-state index contributed by atoms with van der Waals surface area (Å²) >= 11 is 0. The summed E-state index contributed by atoms with van der Waals surface area (Å²) in [6, 6.07) is 0. The van der Waals surface area contributed by atoms with E-state index < -0.39 is 0 Å². The fourth-order valence-corrected chi connectivity index (χ4v) is 2.50. The molecule has 0 aliphatic heterocycles. The summed E-state index contributed by atoms with van der Waals surface area (Å²) in [5.41, 5.74) is 0. The molecule has 1 fully saturated rings. The summed E-state index contributed by atoms with van der Waals surface area (Å²) in [5, 5.41) is 0. The van der Waals surface area contributed by atoms with Crippen molar-refractivity contribution < 1.29 is 0 Å². The molecule has 0 nitrogen and oxygen atoms in total. The maximum absolute atomic E-state index is 2.47. The van der Waals surface area contributed by atoms with Gasteiger partial charge >= 0.3 is 0 Å². The molecule has 0 atom stereocenters. The van der Waals surface area contributed by atoms with Crippen molar-refractivity contribution in [2.75, 3.05) is 0 Å². The molecule has 1 rings (SSSR count). The Labute approximate surface area is 90.5 Å². The van der Waals surface area contributed by atoms with Crippen LogP contribution in [0, 0.1) is 12.3 Å². The third kappa shape index (κ3) is 5.67. The third-order valence-electron chi connectivity index (χ3n) is 3.52. The minimum Gasteiger partial charge on any atom is -0.0654 e. The predicted molar refractivity (Wildman–Crippen MR) is 64.3 cm³/mol. The van der Waals surface area contributed by atoms with Gasteiger partial charge in [-0.25, -0.2) is 0 Å². The molecule has 0 unspecified atom stereocenters. The quantitative estimate of drug-likeness (QED) is 0.494. The molecule has 0 aromatic rings. The van der Waals surface area contributed by atoms with E-state index in [1.165, 1.54) is 70.6 Å². The smallest absolute Gasteiger partial charge is 0.0386 e. The van der Waals surface area contributed by atoms with Crippen LogP contribution in [0.1, 0.15) is 77.6 Å². The zero-order valence-corrected chi connectivity index (χ0v) is 9.93. The molecule has 0 heterocycles. The second-order valence-corrected chi connectivity index (χ2v) is 4.87. The monoisotopic (exact) mass is 195 g/mol. The molecule has 0 aromatic carbocycles. The summed E-state index contributed by atoms with van der Waals surface area (Å²) < 4.78 is 0. The van der Waals surface area contributed by atoms with Gasteiger partial charge in [0, 0.05) is 0 Å². The maximum atomic E-state index is 2.47. The zero-order valence-electron chi connectivity index (χ0n) is 9.93. The highest BCUT2D eigenvalue weighted by atomic mass is 14.2. The van der Waals surface area contributed by atoms with Gasteiger partial charge in [-0.1, -0.05) is 64.7 Å². The van der Waals surface area contributed by atoms with E-state index in [-0.39, 0.29) is 0 Å². The van der Waals surface area contributed by atoms with Crippen molar-refractivity contribution in [3.05, 3.63) is 6.42 Å². The van der Waals surface area contributed by atoms with Crippen LogP contribution < -0.4 is 0 Å². The van der Waals surface area contributed by atoms with E-state index in [9.17, 15) is 0 Å². The topological polar surface area (TPSA) is 0 Å². The van der Waals surface area contributed by atoms with Crippen LogP contribution >= 0.6 is 0 Å². The summed E-state index contributed by atoms with van der Waals surface area (Å²) in [5.74, 6) is 1.08. The predicted octanol–water partition coefficient (Wildman–Crippen LogP) is 5.13. The Hall–Kier alpha value is 0. The van der Waals surface area contributed by atoms with E-state index >= 15 is 0 Å². The molecule has 14 heavy (non-hydrogen) atoms. The van der Waals surface area contributed by atoms with E-state index in [2.05, 4.69) is 13.3 Å². The van der Waals surface area contributed by atoms with Crippen molar-refractivity contribution in [3.8, 4) is 0 Å². The Kier molecular flexibility index (Phi) is 7.17. The molecule has 1 aliphatic carbocycles. The van der Waals surface area contributed by atoms with E-state index in [1.807, 2.05) is 0 Å². The van der Waals surface area contributed by atoms with Gasteiger partial charge in [-0.2, -0.15) is 0 Å². The fourth-order valence-electron chi connectivity index (χ4n) is 2.50. The van der Waals surface area contributed by atoms with Gasteiger partial charge in [-0.15, -0.1) is 0 Å². The summed E-state index contributed by atoms with van der Waals surface area (Å²) in [6.07, 6.45) is 18.5. The van der Waals surface area contributed by atoms with Crippen molar-refractivity contribution in [1.82, 2.24) is 0 Å². The molecule has 0 bridgehead atoms. The van der Waals surface area contributed by atoms with Crippen LogP contribution in [-0.2, 0) is 0 Å². The Morgan fingerprint density at radius 1 is 0.929 bits per heavy atom. The minimum atomic E-state index is 1.08. The largest absolute Gasteiger partial charge is 0.0654 e. The Bertz CT molecular complexity index is 111. The number of rotatable bonds is 7. The van der Waals surface area contributed by atoms with Gasteiger partial charge in [0.05, 0.1) is 0 Å². The van der Waals surface area contributed by atoms with Crippen molar-refractivity contribution in [2.45, 2.75) is 77.6 Å². The molecule has 1 saturated carbocycles. The first kappa shape index (κ1) is 12.1.